The lowest BCUT2D eigenvalue weighted by Crippen LogP contribution is -2.22. The number of carboxylic acid groups (broad SMARTS) is 1. The Balaban J connectivity index is 2.05. The van der Waals surface area contributed by atoms with E-state index < -0.39 is 12.6 Å². The molecule has 0 bridgehead atoms. The van der Waals surface area contributed by atoms with Gasteiger partial charge in [0.1, 0.15) is 10.0 Å². The molecule has 146 valence electrons. The van der Waals surface area contributed by atoms with Crippen LogP contribution in [0, 0.1) is 0 Å². The predicted octanol–water partition coefficient (Wildman–Crippen LogP) is 2.63. The van der Waals surface area contributed by atoms with E-state index in [0.29, 0.717) is 17.9 Å². The molecule has 0 saturated carbocycles. The van der Waals surface area contributed by atoms with E-state index in [-0.39, 0.29) is 23.6 Å². The summed E-state index contributed by atoms with van der Waals surface area (Å²) >= 11 is 1.46. The summed E-state index contributed by atoms with van der Waals surface area (Å²) in [4.78, 5) is 23.1. The molecule has 8 nitrogen and oxygen atoms in total. The zero-order chi connectivity index (χ0) is 20.0. The first-order chi connectivity index (χ1) is 12.7. The summed E-state index contributed by atoms with van der Waals surface area (Å²) in [6.07, 6.45) is 0. The minimum Gasteiger partial charge on any atom is -0.490 e. The molecule has 1 heterocycles. The van der Waals surface area contributed by atoms with Crippen LogP contribution in [0.25, 0.3) is 0 Å². The van der Waals surface area contributed by atoms with Gasteiger partial charge in [-0.1, -0.05) is 32.1 Å². The second-order valence-electron chi connectivity index (χ2n) is 6.71. The maximum absolute atomic E-state index is 12.4. The molecule has 0 atom stereocenters. The van der Waals surface area contributed by atoms with Gasteiger partial charge in [-0.25, -0.2) is 4.79 Å². The van der Waals surface area contributed by atoms with E-state index in [9.17, 15) is 9.59 Å². The lowest BCUT2D eigenvalue weighted by atomic mass is 9.98. The smallest absolute Gasteiger partial charge is 0.341 e. The van der Waals surface area contributed by atoms with Crippen molar-refractivity contribution in [2.75, 3.05) is 13.2 Å². The summed E-state index contributed by atoms with van der Waals surface area (Å²) in [6, 6.07) is 4.60. The molecule has 0 aliphatic carbocycles. The van der Waals surface area contributed by atoms with Crippen LogP contribution in [0.3, 0.4) is 0 Å². The van der Waals surface area contributed by atoms with Crippen LogP contribution in [-0.2, 0) is 16.8 Å². The average molecular weight is 393 g/mol. The number of carbonyl (C=O) groups is 2. The van der Waals surface area contributed by atoms with Crippen molar-refractivity contribution in [2.24, 2.45) is 0 Å². The fourth-order valence-corrected chi connectivity index (χ4v) is 2.90. The van der Waals surface area contributed by atoms with E-state index in [1.807, 2.05) is 0 Å². The zero-order valence-electron chi connectivity index (χ0n) is 15.7. The van der Waals surface area contributed by atoms with Crippen LogP contribution < -0.4 is 14.8 Å². The Morgan fingerprint density at radius 2 is 1.93 bits per heavy atom. The summed E-state index contributed by atoms with van der Waals surface area (Å²) < 4.78 is 10.6. The Hall–Kier alpha value is -2.68. The number of carboxylic acids is 1. The summed E-state index contributed by atoms with van der Waals surface area (Å²) in [5, 5.41) is 21.4. The second kappa shape index (κ2) is 8.81. The number of ether oxygens (including phenoxy) is 2. The van der Waals surface area contributed by atoms with Gasteiger partial charge in [0.15, 0.2) is 18.1 Å². The summed E-state index contributed by atoms with van der Waals surface area (Å²) in [5.74, 6) is -0.800. The molecule has 27 heavy (non-hydrogen) atoms. The number of carbonyl (C=O) groups excluding carboxylic acids is 1. The molecule has 1 aromatic heterocycles. The van der Waals surface area contributed by atoms with Gasteiger partial charge in [-0.15, -0.1) is 10.2 Å². The highest BCUT2D eigenvalue weighted by molar-refractivity contribution is 7.11. The third kappa shape index (κ3) is 5.92. The molecule has 2 rings (SSSR count). The molecule has 0 spiro atoms. The minimum atomic E-state index is -1.09. The van der Waals surface area contributed by atoms with Crippen molar-refractivity contribution in [2.45, 2.75) is 39.7 Å². The maximum Gasteiger partial charge on any atom is 0.341 e. The normalized spacial score (nSPS) is 11.1. The van der Waals surface area contributed by atoms with E-state index in [1.165, 1.54) is 23.5 Å². The van der Waals surface area contributed by atoms with Gasteiger partial charge in [-0.05, 0) is 25.1 Å². The van der Waals surface area contributed by atoms with Crippen molar-refractivity contribution in [3.8, 4) is 11.5 Å². The number of amides is 1. The monoisotopic (exact) mass is 393 g/mol. The van der Waals surface area contributed by atoms with Crippen LogP contribution in [0.1, 0.15) is 48.1 Å². The van der Waals surface area contributed by atoms with E-state index in [0.717, 1.165) is 10.0 Å². The Bertz CT molecular complexity index is 814. The van der Waals surface area contributed by atoms with Gasteiger partial charge in [-0.3, -0.25) is 4.79 Å². The first-order valence-corrected chi connectivity index (χ1v) is 9.25. The van der Waals surface area contributed by atoms with Gasteiger partial charge in [0, 0.05) is 11.0 Å². The molecular weight excluding hydrogens is 370 g/mol. The lowest BCUT2D eigenvalue weighted by Gasteiger charge is -2.12. The van der Waals surface area contributed by atoms with Gasteiger partial charge in [-0.2, -0.15) is 0 Å². The first-order valence-electron chi connectivity index (χ1n) is 8.43. The number of nitrogens with one attached hydrogen (secondary N) is 1. The number of hydrogen-bond donors (Lipinski definition) is 2. The van der Waals surface area contributed by atoms with Gasteiger partial charge >= 0.3 is 5.97 Å². The molecule has 1 aromatic carbocycles. The number of aliphatic carboxylic acids is 1. The SMILES string of the molecule is CCOc1cc(C(=O)NCc2nnc(C(C)(C)C)s2)ccc1OCC(=O)O. The van der Waals surface area contributed by atoms with Crippen molar-refractivity contribution < 1.29 is 24.2 Å². The quantitative estimate of drug-likeness (QED) is 0.709. The average Bonchev–Trinajstić information content (AvgIpc) is 3.08. The van der Waals surface area contributed by atoms with Gasteiger partial charge < -0.3 is 19.9 Å². The van der Waals surface area contributed by atoms with E-state index >= 15 is 0 Å². The molecule has 2 aromatic rings. The van der Waals surface area contributed by atoms with Gasteiger partial charge in [0.25, 0.3) is 5.91 Å². The molecule has 9 heteroatoms. The molecule has 0 unspecified atom stereocenters. The van der Waals surface area contributed by atoms with E-state index in [1.54, 1.807) is 13.0 Å². The fraction of sp³-hybridized carbons (Fsp3) is 0.444. The number of rotatable bonds is 8. The van der Waals surface area contributed by atoms with Crippen LogP contribution in [0.4, 0.5) is 0 Å². The molecule has 1 amide bonds. The Morgan fingerprint density at radius 3 is 2.52 bits per heavy atom. The number of hydrogen-bond acceptors (Lipinski definition) is 7. The van der Waals surface area contributed by atoms with Crippen LogP contribution in [0.15, 0.2) is 18.2 Å². The van der Waals surface area contributed by atoms with Crippen molar-refractivity contribution in [1.82, 2.24) is 15.5 Å². The fourth-order valence-electron chi connectivity index (χ4n) is 2.06. The highest BCUT2D eigenvalue weighted by atomic mass is 32.1. The van der Waals surface area contributed by atoms with Crippen molar-refractivity contribution in [1.29, 1.82) is 0 Å². The first kappa shape index (κ1) is 20.6. The predicted molar refractivity (Wildman–Crippen MR) is 101 cm³/mol. The second-order valence-corrected chi connectivity index (χ2v) is 7.77. The largest absolute Gasteiger partial charge is 0.490 e. The molecular formula is C18H23N3O5S. The molecule has 0 radical (unpaired) electrons. The lowest BCUT2D eigenvalue weighted by molar-refractivity contribution is -0.139. The molecule has 2 N–H and O–H groups in total. The highest BCUT2D eigenvalue weighted by Gasteiger charge is 2.19. The highest BCUT2D eigenvalue weighted by Crippen LogP contribution is 2.29. The Kier molecular flexibility index (Phi) is 6.73. The van der Waals surface area contributed by atoms with E-state index in [4.69, 9.17) is 14.6 Å². The number of aromatic nitrogens is 2. The van der Waals surface area contributed by atoms with Crippen molar-refractivity contribution >= 4 is 23.2 Å². The van der Waals surface area contributed by atoms with Gasteiger partial charge in [0.05, 0.1) is 13.2 Å². The van der Waals surface area contributed by atoms with Crippen LogP contribution in [0.2, 0.25) is 0 Å². The Labute approximate surface area is 161 Å². The topological polar surface area (TPSA) is 111 Å². The van der Waals surface area contributed by atoms with Crippen molar-refractivity contribution in [3.05, 3.63) is 33.8 Å². The molecule has 0 saturated heterocycles. The molecule has 0 aliphatic heterocycles. The third-order valence-electron chi connectivity index (χ3n) is 3.37. The summed E-state index contributed by atoms with van der Waals surface area (Å²) in [5.41, 5.74) is 0.291. The summed E-state index contributed by atoms with van der Waals surface area (Å²) in [6.45, 7) is 8.09. The van der Waals surface area contributed by atoms with Crippen molar-refractivity contribution in [3.63, 3.8) is 0 Å². The molecule has 0 aliphatic rings. The van der Waals surface area contributed by atoms with Crippen LogP contribution >= 0.6 is 11.3 Å². The zero-order valence-corrected chi connectivity index (χ0v) is 16.6. The van der Waals surface area contributed by atoms with Crippen LogP contribution in [0.5, 0.6) is 11.5 Å². The summed E-state index contributed by atoms with van der Waals surface area (Å²) in [7, 11) is 0. The third-order valence-corrected chi connectivity index (χ3v) is 4.71. The molecule has 0 fully saturated rings. The standard InChI is InChI=1S/C18H23N3O5S/c1-5-25-13-8-11(6-7-12(13)26-10-15(22)23)16(24)19-9-14-20-21-17(27-14)18(2,3)4/h6-8H,5,9-10H2,1-4H3,(H,19,24)(H,22,23). The van der Waals surface area contributed by atoms with Gasteiger partial charge in [0.2, 0.25) is 0 Å². The number of nitrogens with zero attached hydrogens (tertiary/aromatic N) is 2. The Morgan fingerprint density at radius 1 is 1.19 bits per heavy atom. The maximum atomic E-state index is 12.4. The van der Waals surface area contributed by atoms with E-state index in [2.05, 4.69) is 36.3 Å². The minimum absolute atomic E-state index is 0.0852. The van der Waals surface area contributed by atoms with Crippen LogP contribution in [-0.4, -0.2) is 40.4 Å². The number of benzene rings is 1.